The molecule has 0 aromatic carbocycles. The summed E-state index contributed by atoms with van der Waals surface area (Å²) in [5.41, 5.74) is -0.169. The summed E-state index contributed by atoms with van der Waals surface area (Å²) in [7, 11) is -3.97. The van der Waals surface area contributed by atoms with Crippen LogP contribution in [-0.2, 0) is 19.7 Å². The van der Waals surface area contributed by atoms with Crippen molar-refractivity contribution in [3.05, 3.63) is 0 Å². The van der Waals surface area contributed by atoms with E-state index in [0.717, 1.165) is 12.8 Å². The molecule has 0 aliphatic heterocycles. The Balaban J connectivity index is 4.07. The van der Waals surface area contributed by atoms with Crippen LogP contribution in [0.15, 0.2) is 0 Å². The highest BCUT2D eigenvalue weighted by Crippen LogP contribution is 2.28. The Bertz CT molecular complexity index is 518. The van der Waals surface area contributed by atoms with Crippen molar-refractivity contribution in [3.8, 4) is 0 Å². The summed E-state index contributed by atoms with van der Waals surface area (Å²) in [5.74, 6) is -0.117. The van der Waals surface area contributed by atoms with Crippen molar-refractivity contribution in [2.45, 2.75) is 86.0 Å². The highest BCUT2D eigenvalue weighted by molar-refractivity contribution is 7.85. The van der Waals surface area contributed by atoms with Gasteiger partial charge in [0.25, 0.3) is 10.1 Å². The zero-order chi connectivity index (χ0) is 19.0. The largest absolute Gasteiger partial charge is 0.300 e. The van der Waals surface area contributed by atoms with E-state index in [1.807, 2.05) is 13.8 Å². The summed E-state index contributed by atoms with van der Waals surface area (Å²) < 4.78 is 30.4. The molecule has 0 aliphatic carbocycles. The average Bonchev–Trinajstić information content (AvgIpc) is 2.46. The number of hydrogen-bond donors (Lipinski definition) is 1. The van der Waals surface area contributed by atoms with Crippen LogP contribution in [0.1, 0.15) is 86.0 Å². The van der Waals surface area contributed by atoms with Gasteiger partial charge in [-0.2, -0.15) is 8.42 Å². The number of carbonyl (C=O) groups excluding carboxylic acids is 2. The third-order valence-corrected chi connectivity index (χ3v) is 5.56. The number of ketones is 2. The quantitative estimate of drug-likeness (QED) is 0.496. The molecule has 0 aliphatic rings. The standard InChI is InChI=1S/C18H34O5S/c1-6-17(2,3)11-9-15(19)7-8-16(20)10-12-18(4,5)13-14-24(21,22)23/h6-14H2,1-5H3,(H,21,22,23). The molecule has 1 N–H and O–H groups in total. The Morgan fingerprint density at radius 2 is 1.21 bits per heavy atom. The monoisotopic (exact) mass is 362 g/mol. The van der Waals surface area contributed by atoms with E-state index in [4.69, 9.17) is 4.55 Å². The molecule has 0 saturated heterocycles. The van der Waals surface area contributed by atoms with Crippen LogP contribution >= 0.6 is 0 Å². The lowest BCUT2D eigenvalue weighted by Crippen LogP contribution is -2.19. The summed E-state index contributed by atoms with van der Waals surface area (Å²) in [6, 6.07) is 0. The van der Waals surface area contributed by atoms with Crippen molar-refractivity contribution < 1.29 is 22.6 Å². The maximum Gasteiger partial charge on any atom is 0.264 e. The average molecular weight is 363 g/mol. The van der Waals surface area contributed by atoms with Crippen molar-refractivity contribution in [1.82, 2.24) is 0 Å². The summed E-state index contributed by atoms with van der Waals surface area (Å²) >= 11 is 0. The molecule has 142 valence electrons. The molecule has 0 bridgehead atoms. The fourth-order valence-electron chi connectivity index (χ4n) is 2.19. The highest BCUT2D eigenvalue weighted by atomic mass is 32.2. The molecule has 0 radical (unpaired) electrons. The van der Waals surface area contributed by atoms with E-state index in [1.165, 1.54) is 0 Å². The molecule has 0 unspecified atom stereocenters. The van der Waals surface area contributed by atoms with E-state index in [2.05, 4.69) is 20.8 Å². The van der Waals surface area contributed by atoms with Crippen LogP contribution in [0.2, 0.25) is 0 Å². The van der Waals surface area contributed by atoms with Crippen LogP contribution in [-0.4, -0.2) is 30.3 Å². The zero-order valence-corrected chi connectivity index (χ0v) is 16.7. The Hall–Kier alpha value is -0.750. The Kier molecular flexibility index (Phi) is 9.36. The smallest absolute Gasteiger partial charge is 0.264 e. The maximum atomic E-state index is 11.9. The molecule has 0 atom stereocenters. The molecule has 0 heterocycles. The topological polar surface area (TPSA) is 88.5 Å². The predicted octanol–water partition coefficient (Wildman–Crippen LogP) is 4.21. The lowest BCUT2D eigenvalue weighted by Gasteiger charge is -2.23. The van der Waals surface area contributed by atoms with Crippen LogP contribution in [0.3, 0.4) is 0 Å². The van der Waals surface area contributed by atoms with E-state index in [-0.39, 0.29) is 34.6 Å². The molecule has 0 aromatic heterocycles. The Labute approximate surface area is 147 Å². The van der Waals surface area contributed by atoms with Crippen molar-refractivity contribution in [2.24, 2.45) is 10.8 Å². The SMILES string of the molecule is CCC(C)(C)CCC(=O)CCC(=O)CCC(C)(C)CCS(=O)(=O)O. The second-order valence-corrected chi connectivity index (χ2v) is 9.87. The van der Waals surface area contributed by atoms with E-state index >= 15 is 0 Å². The second kappa shape index (κ2) is 9.66. The van der Waals surface area contributed by atoms with E-state index < -0.39 is 10.1 Å². The van der Waals surface area contributed by atoms with Crippen molar-refractivity contribution in [3.63, 3.8) is 0 Å². The van der Waals surface area contributed by atoms with Crippen molar-refractivity contribution in [1.29, 1.82) is 0 Å². The number of rotatable bonds is 13. The van der Waals surface area contributed by atoms with Gasteiger partial charge in [-0.1, -0.05) is 41.0 Å². The molecule has 0 fully saturated rings. The first-order valence-electron chi connectivity index (χ1n) is 8.75. The molecular weight excluding hydrogens is 328 g/mol. The van der Waals surface area contributed by atoms with Crippen LogP contribution in [0, 0.1) is 10.8 Å². The molecule has 0 spiro atoms. The lowest BCUT2D eigenvalue weighted by molar-refractivity contribution is -0.124. The molecular formula is C18H34O5S. The molecule has 5 nitrogen and oxygen atoms in total. The van der Waals surface area contributed by atoms with Gasteiger partial charge in [0, 0.05) is 25.7 Å². The molecule has 0 rings (SSSR count). The van der Waals surface area contributed by atoms with Gasteiger partial charge in [-0.3, -0.25) is 14.1 Å². The van der Waals surface area contributed by atoms with Gasteiger partial charge in [-0.05, 0) is 30.1 Å². The van der Waals surface area contributed by atoms with Gasteiger partial charge in [-0.25, -0.2) is 0 Å². The van der Waals surface area contributed by atoms with Gasteiger partial charge in [0.15, 0.2) is 0 Å². The lowest BCUT2D eigenvalue weighted by atomic mass is 9.83. The van der Waals surface area contributed by atoms with E-state index in [9.17, 15) is 18.0 Å². The predicted molar refractivity (Wildman–Crippen MR) is 96.6 cm³/mol. The second-order valence-electron chi connectivity index (χ2n) is 8.30. The minimum atomic E-state index is -3.97. The summed E-state index contributed by atoms with van der Waals surface area (Å²) in [6.45, 7) is 10.1. The maximum absolute atomic E-state index is 11.9. The minimum Gasteiger partial charge on any atom is -0.300 e. The molecule has 0 amide bonds. The molecule has 6 heteroatoms. The van der Waals surface area contributed by atoms with Crippen LogP contribution in [0.5, 0.6) is 0 Å². The van der Waals surface area contributed by atoms with Gasteiger partial charge in [0.1, 0.15) is 11.6 Å². The van der Waals surface area contributed by atoms with Crippen LogP contribution < -0.4 is 0 Å². The van der Waals surface area contributed by atoms with Gasteiger partial charge in [0.05, 0.1) is 5.75 Å². The Morgan fingerprint density at radius 1 is 0.792 bits per heavy atom. The first-order valence-corrected chi connectivity index (χ1v) is 10.4. The van der Waals surface area contributed by atoms with E-state index in [0.29, 0.717) is 32.1 Å². The van der Waals surface area contributed by atoms with Crippen molar-refractivity contribution in [2.75, 3.05) is 5.75 Å². The summed E-state index contributed by atoms with van der Waals surface area (Å²) in [5, 5.41) is 0. The fraction of sp³-hybridized carbons (Fsp3) is 0.889. The third kappa shape index (κ3) is 12.6. The first kappa shape index (κ1) is 23.2. The third-order valence-electron chi connectivity index (χ3n) is 4.84. The van der Waals surface area contributed by atoms with E-state index in [1.54, 1.807) is 0 Å². The number of Topliss-reactive ketones (excluding diaryl/α,β-unsaturated/α-hetero) is 2. The highest BCUT2D eigenvalue weighted by Gasteiger charge is 2.22. The zero-order valence-electron chi connectivity index (χ0n) is 15.9. The van der Waals surface area contributed by atoms with Gasteiger partial charge in [-0.15, -0.1) is 0 Å². The fourth-order valence-corrected chi connectivity index (χ4v) is 3.00. The minimum absolute atomic E-state index is 0.0398. The first-order chi connectivity index (χ1) is 10.8. The molecule has 24 heavy (non-hydrogen) atoms. The van der Waals surface area contributed by atoms with Crippen molar-refractivity contribution >= 4 is 21.7 Å². The van der Waals surface area contributed by atoms with Gasteiger partial charge < -0.3 is 0 Å². The van der Waals surface area contributed by atoms with Gasteiger partial charge >= 0.3 is 0 Å². The summed E-state index contributed by atoms with van der Waals surface area (Å²) in [6.07, 6.45) is 4.16. The molecule has 0 saturated carbocycles. The summed E-state index contributed by atoms with van der Waals surface area (Å²) in [4.78, 5) is 23.8. The van der Waals surface area contributed by atoms with Crippen LogP contribution in [0.4, 0.5) is 0 Å². The van der Waals surface area contributed by atoms with Gasteiger partial charge in [0.2, 0.25) is 0 Å². The molecule has 0 aromatic rings. The normalized spacial score (nSPS) is 13.1. The number of carbonyl (C=O) groups is 2. The number of hydrogen-bond acceptors (Lipinski definition) is 4. The Morgan fingerprint density at radius 3 is 1.58 bits per heavy atom. The van der Waals surface area contributed by atoms with Crippen LogP contribution in [0.25, 0.3) is 0 Å².